The van der Waals surface area contributed by atoms with Crippen LogP contribution in [0.1, 0.15) is 11.1 Å². The predicted molar refractivity (Wildman–Crippen MR) is 162 cm³/mol. The Morgan fingerprint density at radius 3 is 2.31 bits per heavy atom. The van der Waals surface area contributed by atoms with E-state index in [0.717, 1.165) is 16.9 Å². The van der Waals surface area contributed by atoms with E-state index in [9.17, 15) is 4.79 Å². The van der Waals surface area contributed by atoms with Crippen molar-refractivity contribution in [3.05, 3.63) is 122 Å². The summed E-state index contributed by atoms with van der Waals surface area (Å²) in [6.07, 6.45) is 1.77. The summed E-state index contributed by atoms with van der Waals surface area (Å²) >= 11 is 20.2. The number of hydrogen-bond acceptors (Lipinski definition) is 5. The van der Waals surface area contributed by atoms with E-state index in [-0.39, 0.29) is 12.5 Å². The van der Waals surface area contributed by atoms with Gasteiger partial charge in [0, 0.05) is 15.6 Å². The van der Waals surface area contributed by atoms with Crippen LogP contribution in [0.5, 0.6) is 11.5 Å². The number of rotatable bonds is 7. The fourth-order valence-corrected chi connectivity index (χ4v) is 5.61. The first kappa shape index (κ1) is 27.2. The van der Waals surface area contributed by atoms with Crippen LogP contribution in [0.2, 0.25) is 15.1 Å². The number of carbonyl (C=O) groups excluding carboxylic acids is 1. The third kappa shape index (κ3) is 6.26. The van der Waals surface area contributed by atoms with E-state index in [1.807, 2.05) is 60.7 Å². The van der Waals surface area contributed by atoms with Gasteiger partial charge >= 0.3 is 0 Å². The third-order valence-electron chi connectivity index (χ3n) is 5.74. The van der Waals surface area contributed by atoms with Gasteiger partial charge in [-0.2, -0.15) is 0 Å². The molecular weight excluding hydrogens is 575 g/mol. The van der Waals surface area contributed by atoms with Crippen LogP contribution in [0.15, 0.2) is 101 Å². The smallest absolute Gasteiger partial charge is 0.271 e. The molecule has 9 heteroatoms. The molecular formula is C30H21Cl3N2O3S. The van der Waals surface area contributed by atoms with Crippen molar-refractivity contribution in [2.75, 3.05) is 12.0 Å². The molecule has 1 heterocycles. The van der Waals surface area contributed by atoms with Crippen LogP contribution in [-0.4, -0.2) is 18.2 Å². The summed E-state index contributed by atoms with van der Waals surface area (Å²) in [6.45, 7) is 0.173. The van der Waals surface area contributed by atoms with Gasteiger partial charge < -0.3 is 9.47 Å². The molecule has 0 aromatic heterocycles. The fraction of sp³-hybridized carbons (Fsp3) is 0.0667. The summed E-state index contributed by atoms with van der Waals surface area (Å²) in [5.41, 5.74) is 2.92. The number of para-hydroxylation sites is 2. The number of amides is 1. The number of hydrogen-bond donors (Lipinski definition) is 0. The molecule has 0 unspecified atom stereocenters. The van der Waals surface area contributed by atoms with E-state index < -0.39 is 0 Å². The van der Waals surface area contributed by atoms with Crippen LogP contribution in [-0.2, 0) is 11.4 Å². The maximum Gasteiger partial charge on any atom is 0.271 e. The molecule has 0 atom stereocenters. The summed E-state index contributed by atoms with van der Waals surface area (Å²) in [6, 6.07) is 27.6. The van der Waals surface area contributed by atoms with Gasteiger partial charge in [-0.1, -0.05) is 77.3 Å². The van der Waals surface area contributed by atoms with Crippen LogP contribution in [0.3, 0.4) is 0 Å². The summed E-state index contributed by atoms with van der Waals surface area (Å²) in [4.78, 5) is 20.4. The lowest BCUT2D eigenvalue weighted by molar-refractivity contribution is -0.113. The minimum atomic E-state index is -0.186. The zero-order valence-electron chi connectivity index (χ0n) is 20.6. The molecule has 0 aliphatic carbocycles. The Kier molecular flexibility index (Phi) is 8.48. The molecule has 4 aromatic rings. The van der Waals surface area contributed by atoms with Gasteiger partial charge in [0.15, 0.2) is 16.7 Å². The van der Waals surface area contributed by atoms with Gasteiger partial charge in [0.05, 0.1) is 28.4 Å². The Morgan fingerprint density at radius 1 is 0.897 bits per heavy atom. The van der Waals surface area contributed by atoms with Crippen molar-refractivity contribution in [2.45, 2.75) is 6.61 Å². The van der Waals surface area contributed by atoms with Crippen molar-refractivity contribution in [3.63, 3.8) is 0 Å². The van der Waals surface area contributed by atoms with Gasteiger partial charge in [0.2, 0.25) is 0 Å². The fourth-order valence-electron chi connectivity index (χ4n) is 3.87. The number of anilines is 1. The molecule has 1 fully saturated rings. The number of carbonyl (C=O) groups is 1. The number of thioether (sulfide) groups is 1. The molecule has 1 aliphatic heterocycles. The molecule has 5 rings (SSSR count). The average Bonchev–Trinajstić information content (AvgIpc) is 3.23. The van der Waals surface area contributed by atoms with E-state index in [2.05, 4.69) is 0 Å². The quantitative estimate of drug-likeness (QED) is 0.200. The summed E-state index contributed by atoms with van der Waals surface area (Å²) < 4.78 is 11.5. The molecule has 0 N–H and O–H groups in total. The number of nitrogens with zero attached hydrogens (tertiary/aromatic N) is 2. The largest absolute Gasteiger partial charge is 0.493 e. The lowest BCUT2D eigenvalue weighted by Gasteiger charge is -2.15. The SMILES string of the molecule is COc1cc(/C=C2\SC(=Nc3ccccc3)N(c3ccccc3)C2=O)cc(Cl)c1OCc1ccc(Cl)cc1Cl. The van der Waals surface area contributed by atoms with Gasteiger partial charge in [-0.3, -0.25) is 9.69 Å². The lowest BCUT2D eigenvalue weighted by atomic mass is 10.1. The van der Waals surface area contributed by atoms with Gasteiger partial charge in [0.1, 0.15) is 6.61 Å². The number of benzene rings is 4. The summed E-state index contributed by atoms with van der Waals surface area (Å²) in [5, 5.41) is 1.92. The summed E-state index contributed by atoms with van der Waals surface area (Å²) in [7, 11) is 1.53. The van der Waals surface area contributed by atoms with Crippen molar-refractivity contribution < 1.29 is 14.3 Å². The van der Waals surface area contributed by atoms with Crippen LogP contribution in [0.4, 0.5) is 11.4 Å². The maximum absolute atomic E-state index is 13.6. The second kappa shape index (κ2) is 12.2. The number of halogens is 3. The highest BCUT2D eigenvalue weighted by atomic mass is 35.5. The zero-order chi connectivity index (χ0) is 27.4. The first-order valence-corrected chi connectivity index (χ1v) is 13.7. The molecule has 5 nitrogen and oxygen atoms in total. The van der Waals surface area contributed by atoms with Crippen LogP contribution >= 0.6 is 46.6 Å². The molecule has 1 amide bonds. The molecule has 0 saturated carbocycles. The Bertz CT molecular complexity index is 1580. The molecule has 0 spiro atoms. The molecule has 196 valence electrons. The standard InChI is InChI=1S/C30H21Cl3N2O3S/c1-37-26-15-19(14-25(33)28(26)38-18-20-12-13-21(31)17-24(20)32)16-27-29(36)35(23-10-6-3-7-11-23)30(39-27)34-22-8-4-2-5-9-22/h2-17H,18H2,1H3/b27-16-,34-30?. The Labute approximate surface area is 245 Å². The van der Waals surface area contributed by atoms with Gasteiger partial charge in [-0.05, 0) is 71.9 Å². The van der Waals surface area contributed by atoms with Crippen LogP contribution in [0, 0.1) is 0 Å². The Hall–Kier alpha value is -3.42. The zero-order valence-corrected chi connectivity index (χ0v) is 23.7. The van der Waals surface area contributed by atoms with Crippen LogP contribution < -0.4 is 14.4 Å². The van der Waals surface area contributed by atoms with E-state index in [4.69, 9.17) is 49.3 Å². The van der Waals surface area contributed by atoms with Crippen molar-refractivity contribution in [1.82, 2.24) is 0 Å². The number of aliphatic imine (C=N–C) groups is 1. The molecule has 0 radical (unpaired) electrons. The maximum atomic E-state index is 13.6. The van der Waals surface area contributed by atoms with E-state index in [1.54, 1.807) is 41.3 Å². The number of methoxy groups -OCH3 is 1. The monoisotopic (exact) mass is 594 g/mol. The topological polar surface area (TPSA) is 51.1 Å². The molecule has 1 saturated heterocycles. The minimum absolute atomic E-state index is 0.173. The van der Waals surface area contributed by atoms with Gasteiger partial charge in [-0.25, -0.2) is 4.99 Å². The van der Waals surface area contributed by atoms with Crippen molar-refractivity contribution >= 4 is 75.1 Å². The normalized spacial score (nSPS) is 15.3. The third-order valence-corrected chi connectivity index (χ3v) is 7.57. The highest BCUT2D eigenvalue weighted by molar-refractivity contribution is 8.19. The van der Waals surface area contributed by atoms with E-state index >= 15 is 0 Å². The number of ether oxygens (including phenoxy) is 2. The molecule has 4 aromatic carbocycles. The highest BCUT2D eigenvalue weighted by Gasteiger charge is 2.34. The van der Waals surface area contributed by atoms with Crippen molar-refractivity contribution in [2.24, 2.45) is 4.99 Å². The minimum Gasteiger partial charge on any atom is -0.493 e. The van der Waals surface area contributed by atoms with Crippen molar-refractivity contribution in [3.8, 4) is 11.5 Å². The average molecular weight is 596 g/mol. The summed E-state index contributed by atoms with van der Waals surface area (Å²) in [5.74, 6) is 0.608. The van der Waals surface area contributed by atoms with Gasteiger partial charge in [-0.15, -0.1) is 0 Å². The Morgan fingerprint density at radius 2 is 1.62 bits per heavy atom. The van der Waals surface area contributed by atoms with E-state index in [1.165, 1.54) is 18.9 Å². The lowest BCUT2D eigenvalue weighted by Crippen LogP contribution is -2.28. The number of amidine groups is 1. The first-order chi connectivity index (χ1) is 18.9. The molecule has 0 bridgehead atoms. The second-order valence-electron chi connectivity index (χ2n) is 8.38. The van der Waals surface area contributed by atoms with E-state index in [0.29, 0.717) is 42.2 Å². The molecule has 1 aliphatic rings. The second-order valence-corrected chi connectivity index (χ2v) is 10.6. The predicted octanol–water partition coefficient (Wildman–Crippen LogP) is 9.04. The molecule has 39 heavy (non-hydrogen) atoms. The van der Waals surface area contributed by atoms with Gasteiger partial charge in [0.25, 0.3) is 5.91 Å². The van der Waals surface area contributed by atoms with Crippen molar-refractivity contribution in [1.29, 1.82) is 0 Å². The van der Waals surface area contributed by atoms with Crippen LogP contribution in [0.25, 0.3) is 6.08 Å². The first-order valence-electron chi connectivity index (χ1n) is 11.8. The highest BCUT2D eigenvalue weighted by Crippen LogP contribution is 2.41. The Balaban J connectivity index is 1.46.